The van der Waals surface area contributed by atoms with Crippen LogP contribution in [0.4, 0.5) is 25.8 Å². The average Bonchev–Trinajstić information content (AvgIpc) is 3.10. The topological polar surface area (TPSA) is 201 Å². The first kappa shape index (κ1) is 48.1. The number of nitrogens with zero attached hydrogens (tertiary/aromatic N) is 2. The van der Waals surface area contributed by atoms with Crippen LogP contribution in [0.15, 0.2) is 72.8 Å². The van der Waals surface area contributed by atoms with E-state index in [1.54, 1.807) is 4.93 Å². The van der Waals surface area contributed by atoms with Crippen molar-refractivity contribution in [1.29, 1.82) is 0 Å². The number of nitro benzene ring substituents is 2. The molecule has 23 heteroatoms. The maximum absolute atomic E-state index is 11.0. The van der Waals surface area contributed by atoms with Crippen molar-refractivity contribution >= 4 is 114 Å². The number of benzene rings is 4. The van der Waals surface area contributed by atoms with Gasteiger partial charge in [0.2, 0.25) is 0 Å². The Balaban J connectivity index is 0.000000360. The van der Waals surface area contributed by atoms with Crippen molar-refractivity contribution in [1.82, 2.24) is 0 Å². The van der Waals surface area contributed by atoms with Gasteiger partial charge in [0.05, 0.1) is 32.0 Å². The molecule has 4 rings (SSSR count). The number of hydrogen-bond donors (Lipinski definition) is 0. The van der Waals surface area contributed by atoms with Crippen molar-refractivity contribution in [2.75, 3.05) is 12.0 Å². The molecule has 15 nitrogen and oxygen atoms in total. The standard InChI is InChI=1S/C8H5Cl3IO2.C8H5Cl3O2.C8H7NO5.C7H4ClNO4/c1-12-8(13)14-7-3-5(10)4(9)2-6(7)11;1-4(12)13-8-3-6(10)5(9)2-7(8)11;1-13-8(10)14-7-4-2-6(3-5-7)9(11)12;8-7(10)13-6-3-1-5(2-4-6)9(11)12/h2-3H,1H3;2-3H,1H3;2-5H,1H3;1-4H/q-1;;;. The van der Waals surface area contributed by atoms with Gasteiger partial charge in [-0.3, -0.25) is 25.0 Å². The first-order valence-electron chi connectivity index (χ1n) is 13.6. The first-order valence-corrected chi connectivity index (χ1v) is 19.5. The van der Waals surface area contributed by atoms with Crippen LogP contribution in [0.25, 0.3) is 0 Å². The maximum atomic E-state index is 11.0. The molecule has 0 atom stereocenters. The van der Waals surface area contributed by atoms with Crippen LogP contribution in [-0.2, 0) is 9.53 Å². The summed E-state index contributed by atoms with van der Waals surface area (Å²) in [4.78, 5) is 63.7. The third-order valence-corrected chi connectivity index (χ3v) is 8.42. The van der Waals surface area contributed by atoms with E-state index in [4.69, 9.17) is 90.7 Å². The van der Waals surface area contributed by atoms with Crippen LogP contribution in [0.1, 0.15) is 6.92 Å². The molecule has 0 saturated carbocycles. The number of alkyl halides is 1. The Hall–Kier alpha value is -3.88. The van der Waals surface area contributed by atoms with Crippen LogP contribution in [0.2, 0.25) is 30.1 Å². The summed E-state index contributed by atoms with van der Waals surface area (Å²) >= 11 is 38.6. The second-order valence-electron chi connectivity index (χ2n) is 8.91. The predicted octanol–water partition coefficient (Wildman–Crippen LogP) is 8.51. The zero-order chi connectivity index (χ0) is 41.1. The fraction of sp³-hybridized carbons (Fsp3) is 0.0968. The van der Waals surface area contributed by atoms with Crippen molar-refractivity contribution in [2.45, 2.75) is 6.92 Å². The Morgan fingerprint density at radius 3 is 1.30 bits per heavy atom. The smallest absolute Gasteiger partial charge is 0.409 e. The van der Waals surface area contributed by atoms with Gasteiger partial charge >= 0.3 is 125 Å². The van der Waals surface area contributed by atoms with Gasteiger partial charge in [-0.05, 0) is 30.3 Å². The molecule has 0 aliphatic rings. The number of ether oxygens (including phenoxy) is 5. The van der Waals surface area contributed by atoms with E-state index in [2.05, 4.69) is 14.2 Å². The Bertz CT molecular complexity index is 1970. The summed E-state index contributed by atoms with van der Waals surface area (Å²) in [5.41, 5.74) is -1.12. The number of methoxy groups -OCH3 is 1. The fourth-order valence-electron chi connectivity index (χ4n) is 2.95. The van der Waals surface area contributed by atoms with Crippen molar-refractivity contribution in [2.24, 2.45) is 0 Å². The maximum Gasteiger partial charge on any atom is 0.409 e. The van der Waals surface area contributed by atoms with Gasteiger partial charge < -0.3 is 18.9 Å². The summed E-state index contributed by atoms with van der Waals surface area (Å²) in [5, 5.41) is 22.3. The van der Waals surface area contributed by atoms with E-state index in [-0.39, 0.29) is 48.4 Å². The van der Waals surface area contributed by atoms with E-state index in [0.717, 1.165) is 0 Å². The first-order chi connectivity index (χ1) is 25.3. The van der Waals surface area contributed by atoms with Crippen molar-refractivity contribution in [3.63, 3.8) is 0 Å². The molecular weight excluding hydrogens is 983 g/mol. The average molecular weight is 1000 g/mol. The van der Waals surface area contributed by atoms with Gasteiger partial charge in [0.15, 0.2) is 5.75 Å². The molecule has 54 heavy (non-hydrogen) atoms. The molecule has 4 aromatic carbocycles. The number of halogens is 8. The second kappa shape index (κ2) is 24.5. The Kier molecular flexibility index (Phi) is 21.9. The molecule has 0 radical (unpaired) electrons. The molecule has 0 fully saturated rings. The van der Waals surface area contributed by atoms with Gasteiger partial charge in [-0.1, -0.05) is 34.8 Å². The van der Waals surface area contributed by atoms with Crippen LogP contribution in [0, 0.1) is 20.2 Å². The van der Waals surface area contributed by atoms with E-state index in [1.807, 2.05) is 0 Å². The number of nitro groups is 2. The minimum atomic E-state index is -0.978. The van der Waals surface area contributed by atoms with Crippen LogP contribution < -0.4 is 40.2 Å². The molecule has 4 aromatic rings. The molecule has 0 unspecified atom stereocenters. The molecule has 0 bridgehead atoms. The number of non-ortho nitro benzene ring substituents is 2. The molecular formula is C31H21Cl7IN2O13-. The van der Waals surface area contributed by atoms with E-state index >= 15 is 0 Å². The predicted molar refractivity (Wildman–Crippen MR) is 197 cm³/mol. The Labute approximate surface area is 350 Å². The van der Waals surface area contributed by atoms with Crippen molar-refractivity contribution < 1.29 is 73.9 Å². The molecule has 0 saturated heterocycles. The molecule has 0 aliphatic heterocycles. The third-order valence-electron chi connectivity index (χ3n) is 5.21. The van der Waals surface area contributed by atoms with E-state index in [9.17, 15) is 39.4 Å². The summed E-state index contributed by atoms with van der Waals surface area (Å²) in [6.45, 7) is 1.28. The minimum Gasteiger partial charge on any atom is -0.414 e. The summed E-state index contributed by atoms with van der Waals surface area (Å²) in [6.07, 6.45) is -0.862. The molecule has 0 N–H and O–H groups in total. The summed E-state index contributed by atoms with van der Waals surface area (Å²) in [7, 11) is 1.17. The number of esters is 1. The van der Waals surface area contributed by atoms with Gasteiger partial charge in [-0.25, -0.2) is 9.59 Å². The van der Waals surface area contributed by atoms with Crippen LogP contribution in [-0.4, -0.2) is 43.4 Å². The molecule has 0 spiro atoms. The Morgan fingerprint density at radius 1 is 0.593 bits per heavy atom. The summed E-state index contributed by atoms with van der Waals surface area (Å²) < 4.78 is 22.8. The number of carbonyl (C=O) groups excluding carboxylic acids is 4. The quantitative estimate of drug-likeness (QED) is 0.0197. The number of rotatable bonds is 7. The van der Waals surface area contributed by atoms with Crippen molar-refractivity contribution in [3.05, 3.63) is 123 Å². The second-order valence-corrected chi connectivity index (χ2v) is 13.6. The Morgan fingerprint density at radius 2 is 0.963 bits per heavy atom. The van der Waals surface area contributed by atoms with Gasteiger partial charge in [0.1, 0.15) is 11.5 Å². The number of hydrogen-bond acceptors (Lipinski definition) is 13. The van der Waals surface area contributed by atoms with Gasteiger partial charge in [0.25, 0.3) is 11.4 Å². The molecule has 0 aliphatic carbocycles. The minimum absolute atomic E-state index is 0.0674. The van der Waals surface area contributed by atoms with Crippen LogP contribution >= 0.6 is 81.2 Å². The van der Waals surface area contributed by atoms with Crippen LogP contribution in [0.3, 0.4) is 0 Å². The van der Waals surface area contributed by atoms with E-state index in [0.29, 0.717) is 20.1 Å². The van der Waals surface area contributed by atoms with E-state index < -0.39 is 48.6 Å². The van der Waals surface area contributed by atoms with Crippen LogP contribution in [0.5, 0.6) is 23.0 Å². The zero-order valence-electron chi connectivity index (χ0n) is 27.2. The molecule has 0 aromatic heterocycles. The summed E-state index contributed by atoms with van der Waals surface area (Å²) in [5.74, 6) is 0.379. The fourth-order valence-corrected chi connectivity index (χ4v) is 4.64. The van der Waals surface area contributed by atoms with Crippen molar-refractivity contribution in [3.8, 4) is 23.0 Å². The van der Waals surface area contributed by atoms with Gasteiger partial charge in [0, 0.05) is 48.9 Å². The third kappa shape index (κ3) is 18.4. The normalized spacial score (nSPS) is 9.67. The van der Waals surface area contributed by atoms with Gasteiger partial charge in [-0.15, -0.1) is 0 Å². The summed E-state index contributed by atoms with van der Waals surface area (Å²) in [6, 6.07) is 15.8. The van der Waals surface area contributed by atoms with Gasteiger partial charge in [-0.2, -0.15) is 0 Å². The SMILES string of the molecule is CC(=O)Oc1cc(Cl)c(Cl)cc1Cl.COC(=O)Oc1ccc([N+](=O)[O-])cc1.C[I-]C(=O)Oc1cc(Cl)c(Cl)cc1Cl.O=C(Cl)Oc1ccc([N+](=O)[O-])cc1. The molecule has 0 amide bonds. The zero-order valence-corrected chi connectivity index (χ0v) is 34.6. The monoisotopic (exact) mass is 1000 g/mol. The molecule has 0 heterocycles. The van der Waals surface area contributed by atoms with E-state index in [1.165, 1.54) is 86.8 Å². The number of carbonyl (C=O) groups is 4. The largest absolute Gasteiger partial charge is 0.414 e. The molecule has 290 valence electrons.